The maximum atomic E-state index is 12.9. The van der Waals surface area contributed by atoms with Crippen molar-refractivity contribution in [2.75, 3.05) is 19.6 Å². The Bertz CT molecular complexity index is 1930. The topological polar surface area (TPSA) is 152 Å². The maximum Gasteiger partial charge on any atom is 0.317 e. The Kier molecular flexibility index (Phi) is 9.05. The van der Waals surface area contributed by atoms with Gasteiger partial charge in [-0.3, -0.25) is 14.4 Å². The number of fused-ring (bicyclic) bond motifs is 1. The number of aromatic amines is 1. The van der Waals surface area contributed by atoms with E-state index < -0.39 is 17.5 Å². The molecule has 10 heteroatoms. The van der Waals surface area contributed by atoms with Gasteiger partial charge in [0.15, 0.2) is 0 Å². The molecule has 1 amide bonds. The number of aliphatic carboxylic acids is 1. The summed E-state index contributed by atoms with van der Waals surface area (Å²) in [6, 6.07) is 30.4. The van der Waals surface area contributed by atoms with Gasteiger partial charge in [-0.2, -0.15) is 0 Å². The summed E-state index contributed by atoms with van der Waals surface area (Å²) in [4.78, 5) is 40.7. The number of aromatic hydroxyl groups is 1. The van der Waals surface area contributed by atoms with Gasteiger partial charge in [-0.1, -0.05) is 72.8 Å². The summed E-state index contributed by atoms with van der Waals surface area (Å²) in [6.45, 7) is 1.49. The third-order valence-electron chi connectivity index (χ3n) is 8.65. The number of H-pyrrole nitrogens is 1. The minimum absolute atomic E-state index is 0.0483. The average Bonchev–Trinajstić information content (AvgIpc) is 3.05. The fourth-order valence-electron chi connectivity index (χ4n) is 5.90. The number of carbonyl (C=O) groups excluding carboxylic acids is 1. The van der Waals surface area contributed by atoms with Crippen molar-refractivity contribution in [1.82, 2.24) is 15.2 Å². The van der Waals surface area contributed by atoms with Crippen molar-refractivity contribution in [1.29, 1.82) is 0 Å². The highest BCUT2D eigenvalue weighted by Crippen LogP contribution is 2.35. The summed E-state index contributed by atoms with van der Waals surface area (Å²) in [7, 11) is 0. The van der Waals surface area contributed by atoms with Crippen LogP contribution in [-0.2, 0) is 34.6 Å². The SMILES string of the molecule is O=C(Cc1ccc(OCc2ccc(CNCC(O)c3ccc(O)c4[nH]c(=O)ccc34)cc2)cc1)N1CC(C(=O)O)(c2ccccc2)C1. The summed E-state index contributed by atoms with van der Waals surface area (Å²) in [5.74, 6) is -0.406. The van der Waals surface area contributed by atoms with Crippen molar-refractivity contribution in [3.05, 3.63) is 141 Å². The number of hydrogen-bond donors (Lipinski definition) is 5. The van der Waals surface area contributed by atoms with Crippen LogP contribution >= 0.6 is 0 Å². The Labute approximate surface area is 270 Å². The molecule has 0 spiro atoms. The monoisotopic (exact) mass is 633 g/mol. The number of likely N-dealkylation sites (tertiary alicyclic amines) is 1. The molecule has 4 aromatic carbocycles. The largest absolute Gasteiger partial charge is 0.506 e. The lowest BCUT2D eigenvalue weighted by Crippen LogP contribution is -2.65. The highest BCUT2D eigenvalue weighted by Gasteiger charge is 2.52. The van der Waals surface area contributed by atoms with Gasteiger partial charge in [0, 0.05) is 37.6 Å². The predicted molar refractivity (Wildman–Crippen MR) is 176 cm³/mol. The molecule has 0 bridgehead atoms. The zero-order valence-corrected chi connectivity index (χ0v) is 25.6. The number of phenolic OH excluding ortho intramolecular Hbond substituents is 1. The second kappa shape index (κ2) is 13.5. The normalized spacial score (nSPS) is 14.4. The second-order valence-electron chi connectivity index (χ2n) is 11.9. The van der Waals surface area contributed by atoms with Crippen LogP contribution in [0, 0.1) is 0 Å². The molecular formula is C37H35N3O7. The zero-order chi connectivity index (χ0) is 33.0. The number of hydrogen-bond acceptors (Lipinski definition) is 7. The molecule has 5 N–H and O–H groups in total. The molecule has 240 valence electrons. The lowest BCUT2D eigenvalue weighted by molar-refractivity contribution is -0.156. The van der Waals surface area contributed by atoms with Crippen molar-refractivity contribution >= 4 is 22.8 Å². The quantitative estimate of drug-likeness (QED) is 0.138. The molecule has 1 unspecified atom stereocenters. The van der Waals surface area contributed by atoms with Gasteiger partial charge in [0.2, 0.25) is 11.5 Å². The van der Waals surface area contributed by atoms with E-state index in [9.17, 15) is 29.7 Å². The number of nitrogens with zero attached hydrogens (tertiary/aromatic N) is 1. The third kappa shape index (κ3) is 6.89. The number of rotatable bonds is 12. The number of pyridine rings is 1. The first-order chi connectivity index (χ1) is 22.7. The number of amides is 1. The first-order valence-electron chi connectivity index (χ1n) is 15.3. The van der Waals surface area contributed by atoms with E-state index in [2.05, 4.69) is 10.3 Å². The molecule has 2 heterocycles. The molecule has 0 saturated carbocycles. The summed E-state index contributed by atoms with van der Waals surface area (Å²) in [6.07, 6.45) is -0.656. The molecule has 1 saturated heterocycles. The molecule has 1 aliphatic heterocycles. The van der Waals surface area contributed by atoms with Crippen molar-refractivity contribution in [2.45, 2.75) is 31.1 Å². The average molecular weight is 634 g/mol. The minimum Gasteiger partial charge on any atom is -0.506 e. The molecule has 47 heavy (non-hydrogen) atoms. The molecular weight excluding hydrogens is 598 g/mol. The van der Waals surface area contributed by atoms with Crippen LogP contribution in [0.2, 0.25) is 0 Å². The molecule has 1 aliphatic rings. The molecule has 0 aliphatic carbocycles. The Morgan fingerprint density at radius 3 is 2.26 bits per heavy atom. The van der Waals surface area contributed by atoms with Crippen molar-refractivity contribution in [2.24, 2.45) is 0 Å². The Hall–Kier alpha value is -5.45. The number of carbonyl (C=O) groups is 2. The molecule has 1 fully saturated rings. The van der Waals surface area contributed by atoms with Crippen LogP contribution in [0.5, 0.6) is 11.5 Å². The smallest absolute Gasteiger partial charge is 0.317 e. The van der Waals surface area contributed by atoms with Crippen LogP contribution in [0.25, 0.3) is 10.9 Å². The predicted octanol–water partition coefficient (Wildman–Crippen LogP) is 4.04. The van der Waals surface area contributed by atoms with Crippen molar-refractivity contribution < 1.29 is 29.6 Å². The van der Waals surface area contributed by atoms with Crippen molar-refractivity contribution in [3.63, 3.8) is 0 Å². The van der Waals surface area contributed by atoms with E-state index in [4.69, 9.17) is 4.74 Å². The number of carboxylic acid groups (broad SMARTS) is 1. The maximum absolute atomic E-state index is 12.9. The van der Waals surface area contributed by atoms with E-state index in [0.29, 0.717) is 40.9 Å². The van der Waals surface area contributed by atoms with Crippen LogP contribution in [0.15, 0.2) is 108 Å². The van der Waals surface area contributed by atoms with E-state index in [-0.39, 0.29) is 43.3 Å². The van der Waals surface area contributed by atoms with Gasteiger partial charge in [0.25, 0.3) is 0 Å². The number of aliphatic hydroxyl groups is 1. The number of phenols is 1. The number of aliphatic hydroxyl groups excluding tert-OH is 1. The Balaban J connectivity index is 0.949. The van der Waals surface area contributed by atoms with Crippen LogP contribution in [-0.4, -0.2) is 56.7 Å². The summed E-state index contributed by atoms with van der Waals surface area (Å²) in [5.41, 5.74) is 3.07. The first-order valence-corrected chi connectivity index (χ1v) is 15.3. The van der Waals surface area contributed by atoms with Gasteiger partial charge in [0.1, 0.15) is 23.5 Å². The van der Waals surface area contributed by atoms with Gasteiger partial charge >= 0.3 is 5.97 Å². The van der Waals surface area contributed by atoms with E-state index in [1.54, 1.807) is 29.2 Å². The third-order valence-corrected chi connectivity index (χ3v) is 8.65. The fraction of sp³-hybridized carbons (Fsp3) is 0.216. The van der Waals surface area contributed by atoms with Gasteiger partial charge in [-0.25, -0.2) is 0 Å². The molecule has 6 rings (SSSR count). The van der Waals surface area contributed by atoms with Crippen LogP contribution in [0.3, 0.4) is 0 Å². The number of carboxylic acids is 1. The minimum atomic E-state index is -1.05. The second-order valence-corrected chi connectivity index (χ2v) is 11.9. The summed E-state index contributed by atoms with van der Waals surface area (Å²) in [5, 5.41) is 34.5. The van der Waals surface area contributed by atoms with E-state index >= 15 is 0 Å². The molecule has 1 aromatic heterocycles. The summed E-state index contributed by atoms with van der Waals surface area (Å²) < 4.78 is 5.94. The highest BCUT2D eigenvalue weighted by molar-refractivity contribution is 5.89. The highest BCUT2D eigenvalue weighted by atomic mass is 16.5. The van der Waals surface area contributed by atoms with Crippen LogP contribution in [0.1, 0.15) is 33.9 Å². The van der Waals surface area contributed by atoms with E-state index in [0.717, 1.165) is 16.7 Å². The number of nitrogens with one attached hydrogen (secondary N) is 2. The van der Waals surface area contributed by atoms with Gasteiger partial charge in [-0.15, -0.1) is 0 Å². The summed E-state index contributed by atoms with van der Waals surface area (Å²) >= 11 is 0. The van der Waals surface area contributed by atoms with Gasteiger partial charge < -0.3 is 35.3 Å². The van der Waals surface area contributed by atoms with Gasteiger partial charge in [-0.05, 0) is 52.1 Å². The van der Waals surface area contributed by atoms with Crippen LogP contribution in [0.4, 0.5) is 0 Å². The molecule has 0 radical (unpaired) electrons. The number of aromatic nitrogens is 1. The lowest BCUT2D eigenvalue weighted by Gasteiger charge is -2.47. The Morgan fingerprint density at radius 1 is 0.872 bits per heavy atom. The molecule has 10 nitrogen and oxygen atoms in total. The first kappa shape index (κ1) is 31.5. The van der Waals surface area contributed by atoms with E-state index in [1.165, 1.54) is 12.1 Å². The van der Waals surface area contributed by atoms with Crippen molar-refractivity contribution in [3.8, 4) is 11.5 Å². The lowest BCUT2D eigenvalue weighted by atomic mass is 9.73. The van der Waals surface area contributed by atoms with Crippen LogP contribution < -0.4 is 15.6 Å². The molecule has 1 atom stereocenters. The van der Waals surface area contributed by atoms with Gasteiger partial charge in [0.05, 0.1) is 18.0 Å². The Morgan fingerprint density at radius 2 is 1.55 bits per heavy atom. The van der Waals surface area contributed by atoms with E-state index in [1.807, 2.05) is 66.7 Å². The number of benzene rings is 4. The molecule has 5 aromatic rings. The number of ether oxygens (including phenoxy) is 1. The zero-order valence-electron chi connectivity index (χ0n) is 25.6. The fourth-order valence-corrected chi connectivity index (χ4v) is 5.90. The standard InChI is InChI=1S/C37H35N3O7/c41-31-16-14-29(30-15-17-33(43)39-35(30)31)32(42)20-38-19-25-6-8-26(9-7-25)21-47-28-12-10-24(11-13-28)18-34(44)40-22-37(23-40,36(45)46)27-4-2-1-3-5-27/h1-17,32,38,41-42H,18-23H2,(H,39,43)(H,45,46).